The molecular weight excluding hydrogens is 318 g/mol. The highest BCUT2D eigenvalue weighted by Crippen LogP contribution is 2.41. The van der Waals surface area contributed by atoms with Crippen molar-refractivity contribution >= 4 is 12.4 Å². The van der Waals surface area contributed by atoms with Crippen LogP contribution in [0.5, 0.6) is 0 Å². The second-order valence-electron chi connectivity index (χ2n) is 6.64. The second-order valence-corrected chi connectivity index (χ2v) is 6.64. The molecule has 0 amide bonds. The van der Waals surface area contributed by atoms with Crippen LogP contribution >= 0.6 is 12.4 Å². The molecule has 0 saturated heterocycles. The molecule has 1 N–H and O–H groups in total. The van der Waals surface area contributed by atoms with Crippen LogP contribution in [0.15, 0.2) is 60.7 Å². The smallest absolute Gasteiger partial charge is 0.0675 e. The van der Waals surface area contributed by atoms with Crippen LogP contribution in [0.4, 0.5) is 0 Å². The van der Waals surface area contributed by atoms with Crippen molar-refractivity contribution < 1.29 is 5.11 Å². The number of aliphatic hydroxyl groups is 1. The van der Waals surface area contributed by atoms with Gasteiger partial charge >= 0.3 is 0 Å². The standard InChI is InChI=1S/C21H29NO.ClH/c1-5-20(23)21(16-17(2)22(3)4,18-12-8-6-9-13-18)19-14-10-7-11-15-19;/h6-15,17,20,23H,5,16H2,1-4H3;1H/t17-,20+;/m1./s1. The Labute approximate surface area is 152 Å². The third-order valence-corrected chi connectivity index (χ3v) is 5.03. The largest absolute Gasteiger partial charge is 0.392 e. The summed E-state index contributed by atoms with van der Waals surface area (Å²) < 4.78 is 0. The van der Waals surface area contributed by atoms with Crippen LogP contribution in [0, 0.1) is 0 Å². The Morgan fingerprint density at radius 1 is 0.917 bits per heavy atom. The number of nitrogens with zero attached hydrogens (tertiary/aromatic N) is 1. The molecule has 24 heavy (non-hydrogen) atoms. The highest BCUT2D eigenvalue weighted by atomic mass is 35.5. The minimum atomic E-state index is -0.422. The topological polar surface area (TPSA) is 23.5 Å². The lowest BCUT2D eigenvalue weighted by Crippen LogP contribution is -2.45. The monoisotopic (exact) mass is 347 g/mol. The van der Waals surface area contributed by atoms with Crippen LogP contribution in [0.2, 0.25) is 0 Å². The summed E-state index contributed by atoms with van der Waals surface area (Å²) in [5, 5.41) is 11.1. The van der Waals surface area contributed by atoms with E-state index in [-0.39, 0.29) is 17.8 Å². The Morgan fingerprint density at radius 2 is 1.33 bits per heavy atom. The molecule has 2 nitrogen and oxygen atoms in total. The van der Waals surface area contributed by atoms with E-state index in [2.05, 4.69) is 81.4 Å². The van der Waals surface area contributed by atoms with E-state index in [1.807, 2.05) is 12.1 Å². The van der Waals surface area contributed by atoms with Crippen molar-refractivity contribution in [2.45, 2.75) is 44.2 Å². The van der Waals surface area contributed by atoms with Gasteiger partial charge < -0.3 is 10.0 Å². The van der Waals surface area contributed by atoms with Gasteiger partial charge in [-0.15, -0.1) is 12.4 Å². The van der Waals surface area contributed by atoms with Gasteiger partial charge in [0, 0.05) is 11.5 Å². The zero-order chi connectivity index (χ0) is 16.9. The number of halogens is 1. The maximum absolute atomic E-state index is 11.1. The van der Waals surface area contributed by atoms with Crippen LogP contribution in [0.3, 0.4) is 0 Å². The van der Waals surface area contributed by atoms with E-state index in [4.69, 9.17) is 0 Å². The zero-order valence-corrected chi connectivity index (χ0v) is 16.0. The van der Waals surface area contributed by atoms with Gasteiger partial charge in [-0.05, 0) is 45.0 Å². The number of hydrogen-bond acceptors (Lipinski definition) is 2. The van der Waals surface area contributed by atoms with Gasteiger partial charge in [0.15, 0.2) is 0 Å². The van der Waals surface area contributed by atoms with Gasteiger partial charge in [-0.1, -0.05) is 67.6 Å². The summed E-state index contributed by atoms with van der Waals surface area (Å²) in [5.74, 6) is 0. The summed E-state index contributed by atoms with van der Waals surface area (Å²) >= 11 is 0. The fourth-order valence-electron chi connectivity index (χ4n) is 3.39. The Hall–Kier alpha value is -1.35. The van der Waals surface area contributed by atoms with Crippen molar-refractivity contribution in [2.24, 2.45) is 0 Å². The minimum absolute atomic E-state index is 0. The predicted molar refractivity (Wildman–Crippen MR) is 105 cm³/mol. The van der Waals surface area contributed by atoms with Gasteiger partial charge in [-0.3, -0.25) is 0 Å². The van der Waals surface area contributed by atoms with E-state index < -0.39 is 6.10 Å². The molecule has 0 aromatic heterocycles. The molecule has 0 spiro atoms. The first kappa shape index (κ1) is 20.7. The fraction of sp³-hybridized carbons (Fsp3) is 0.429. The van der Waals surface area contributed by atoms with Crippen molar-refractivity contribution in [2.75, 3.05) is 14.1 Å². The number of aliphatic hydroxyl groups excluding tert-OH is 1. The maximum atomic E-state index is 11.1. The summed E-state index contributed by atoms with van der Waals surface area (Å²) in [6, 6.07) is 21.3. The Morgan fingerprint density at radius 3 is 1.67 bits per heavy atom. The Bertz CT molecular complexity index is 546. The lowest BCUT2D eigenvalue weighted by molar-refractivity contribution is 0.0773. The van der Waals surface area contributed by atoms with Gasteiger partial charge in [0.05, 0.1) is 6.10 Å². The van der Waals surface area contributed by atoms with Crippen molar-refractivity contribution in [3.63, 3.8) is 0 Å². The van der Waals surface area contributed by atoms with Gasteiger partial charge in [0.25, 0.3) is 0 Å². The van der Waals surface area contributed by atoms with E-state index in [1.165, 1.54) is 11.1 Å². The Balaban J connectivity index is 0.00000288. The van der Waals surface area contributed by atoms with E-state index in [9.17, 15) is 5.11 Å². The molecule has 0 aliphatic heterocycles. The fourth-order valence-corrected chi connectivity index (χ4v) is 3.39. The average Bonchev–Trinajstić information content (AvgIpc) is 2.60. The molecule has 0 bridgehead atoms. The molecule has 0 unspecified atom stereocenters. The second kappa shape index (κ2) is 9.22. The van der Waals surface area contributed by atoms with Gasteiger partial charge in [-0.2, -0.15) is 0 Å². The van der Waals surface area contributed by atoms with Crippen LogP contribution in [0.25, 0.3) is 0 Å². The van der Waals surface area contributed by atoms with E-state index >= 15 is 0 Å². The summed E-state index contributed by atoms with van der Waals surface area (Å²) in [5.41, 5.74) is 1.99. The predicted octanol–water partition coefficient (Wildman–Crippen LogP) is 4.51. The molecule has 0 aliphatic rings. The van der Waals surface area contributed by atoms with Crippen molar-refractivity contribution in [1.29, 1.82) is 0 Å². The van der Waals surface area contributed by atoms with E-state index in [0.717, 1.165) is 12.8 Å². The molecule has 0 heterocycles. The van der Waals surface area contributed by atoms with E-state index in [1.54, 1.807) is 0 Å². The van der Waals surface area contributed by atoms with Crippen LogP contribution in [-0.2, 0) is 5.41 Å². The molecule has 132 valence electrons. The third kappa shape index (κ3) is 4.18. The number of hydrogen-bond donors (Lipinski definition) is 1. The number of benzene rings is 2. The normalized spacial score (nSPS) is 14.1. The average molecular weight is 348 g/mol. The molecule has 2 rings (SSSR count). The maximum Gasteiger partial charge on any atom is 0.0675 e. The molecule has 0 fully saturated rings. The van der Waals surface area contributed by atoms with Crippen LogP contribution in [-0.4, -0.2) is 36.2 Å². The zero-order valence-electron chi connectivity index (χ0n) is 15.1. The van der Waals surface area contributed by atoms with Crippen molar-refractivity contribution in [3.8, 4) is 0 Å². The van der Waals surface area contributed by atoms with Crippen molar-refractivity contribution in [1.82, 2.24) is 4.90 Å². The molecule has 0 radical (unpaired) electrons. The SMILES string of the molecule is CC[C@H](O)C(C[C@@H](C)N(C)C)(c1ccccc1)c1ccccc1.Cl. The summed E-state index contributed by atoms with van der Waals surface area (Å²) in [6.07, 6.45) is 1.18. The minimum Gasteiger partial charge on any atom is -0.392 e. The first-order valence-corrected chi connectivity index (χ1v) is 8.48. The summed E-state index contributed by atoms with van der Waals surface area (Å²) in [7, 11) is 4.20. The summed E-state index contributed by atoms with van der Waals surface area (Å²) in [4.78, 5) is 2.23. The summed E-state index contributed by atoms with van der Waals surface area (Å²) in [6.45, 7) is 4.29. The van der Waals surface area contributed by atoms with Gasteiger partial charge in [-0.25, -0.2) is 0 Å². The molecule has 3 heteroatoms. The van der Waals surface area contributed by atoms with E-state index in [0.29, 0.717) is 6.04 Å². The lowest BCUT2D eigenvalue weighted by atomic mass is 9.66. The molecule has 0 aliphatic carbocycles. The highest BCUT2D eigenvalue weighted by molar-refractivity contribution is 5.85. The van der Waals surface area contributed by atoms with Gasteiger partial charge in [0.2, 0.25) is 0 Å². The first-order chi connectivity index (χ1) is 11.0. The highest BCUT2D eigenvalue weighted by Gasteiger charge is 2.41. The Kier molecular flexibility index (Phi) is 7.95. The molecule has 2 aromatic carbocycles. The molecular formula is C21H30ClNO. The van der Waals surface area contributed by atoms with Crippen LogP contribution in [0.1, 0.15) is 37.8 Å². The van der Waals surface area contributed by atoms with Gasteiger partial charge in [0.1, 0.15) is 0 Å². The lowest BCUT2D eigenvalue weighted by Gasteiger charge is -2.42. The molecule has 2 atom stereocenters. The number of rotatable bonds is 7. The molecule has 2 aromatic rings. The van der Waals surface area contributed by atoms with Crippen LogP contribution < -0.4 is 0 Å². The first-order valence-electron chi connectivity index (χ1n) is 8.48. The van der Waals surface area contributed by atoms with Crippen molar-refractivity contribution in [3.05, 3.63) is 71.8 Å². The molecule has 0 saturated carbocycles. The third-order valence-electron chi connectivity index (χ3n) is 5.03. The quantitative estimate of drug-likeness (QED) is 0.796.